The Kier molecular flexibility index (Phi) is 50.4. The van der Waals surface area contributed by atoms with Gasteiger partial charge in [-0.05, 0) is 109 Å². The van der Waals surface area contributed by atoms with Crippen molar-refractivity contribution in [3.05, 3.63) is 85.1 Å². The Bertz CT molecular complexity index is 1270. The fourth-order valence-electron chi connectivity index (χ4n) is 7.35. The summed E-state index contributed by atoms with van der Waals surface area (Å²) in [6.45, 7) is 6.38. The normalized spacial score (nSPS) is 12.7. The van der Waals surface area contributed by atoms with Gasteiger partial charge in [-0.15, -0.1) is 0 Å². The van der Waals surface area contributed by atoms with Gasteiger partial charge < -0.3 is 14.2 Å². The van der Waals surface area contributed by atoms with E-state index in [0.717, 1.165) is 122 Å². The molecule has 0 amide bonds. The maximum Gasteiger partial charge on any atom is 0.306 e. The van der Waals surface area contributed by atoms with Crippen LogP contribution in [0.3, 0.4) is 0 Å². The van der Waals surface area contributed by atoms with Gasteiger partial charge in [0.2, 0.25) is 0 Å². The van der Waals surface area contributed by atoms with Gasteiger partial charge in [-0.1, -0.05) is 209 Å². The number of carbonyl (C=O) groups excluding carboxylic acids is 3. The fraction of sp³-hybridized carbons (Fsp3) is 0.712. The van der Waals surface area contributed by atoms with Gasteiger partial charge in [-0.2, -0.15) is 0 Å². The van der Waals surface area contributed by atoms with Crippen LogP contribution in [0.1, 0.15) is 252 Å². The van der Waals surface area contributed by atoms with Gasteiger partial charge in [0.05, 0.1) is 0 Å². The third-order valence-electron chi connectivity index (χ3n) is 11.4. The topological polar surface area (TPSA) is 78.9 Å². The van der Waals surface area contributed by atoms with Crippen LogP contribution in [0.4, 0.5) is 0 Å². The van der Waals surface area contributed by atoms with Crippen LogP contribution >= 0.6 is 0 Å². The summed E-state index contributed by atoms with van der Waals surface area (Å²) in [5.41, 5.74) is 0. The lowest BCUT2D eigenvalue weighted by Crippen LogP contribution is -2.30. The minimum Gasteiger partial charge on any atom is -0.462 e. The zero-order valence-electron chi connectivity index (χ0n) is 42.5. The maximum atomic E-state index is 12.8. The molecule has 6 heteroatoms. The Hall–Kier alpha value is -3.41. The summed E-state index contributed by atoms with van der Waals surface area (Å²) in [6.07, 6.45) is 68.5. The molecule has 1 unspecified atom stereocenters. The van der Waals surface area contributed by atoms with Gasteiger partial charge in [0.25, 0.3) is 0 Å². The first-order chi connectivity index (χ1) is 32.0. The molecule has 0 saturated carbocycles. The first-order valence-corrected chi connectivity index (χ1v) is 27.1. The molecule has 0 rings (SSSR count). The molecular formula is C59H100O6. The standard InChI is InChI=1S/C59H100O6/c1-4-7-10-13-16-19-22-25-28-30-32-34-37-40-43-46-49-52-58(61)64-55-56(54-63-57(60)51-48-45-42-39-36-33-27-24-21-18-15-12-9-6-3)65-59(62)53-50-47-44-41-38-35-31-29-26-23-20-17-14-11-8-5-2/h8-9,11-12,16-21,25-26,28-29,56H,4-7,10,13-15,22-24,27,30-55H2,1-3H3/b11-8-,12-9-,19-16-,20-17-,21-18-,28-25-,29-26-. The van der Waals surface area contributed by atoms with Crippen LogP contribution in [0.5, 0.6) is 0 Å². The van der Waals surface area contributed by atoms with Crippen LogP contribution in [0.25, 0.3) is 0 Å². The summed E-state index contributed by atoms with van der Waals surface area (Å²) in [5.74, 6) is -0.915. The molecule has 6 nitrogen and oxygen atoms in total. The number of rotatable bonds is 48. The molecule has 0 saturated heterocycles. The molecule has 0 fully saturated rings. The molecule has 0 bridgehead atoms. The van der Waals surface area contributed by atoms with Gasteiger partial charge in [0.15, 0.2) is 6.10 Å². The molecule has 0 radical (unpaired) electrons. The SMILES string of the molecule is CC/C=C\C/C=C\C/C=C\CCCCCCCCC(=O)OC(COC(=O)CCCCCCCCC/C=C\C/C=C\CC)COC(=O)CCCCCCCCC/C=C\C/C=C\CCCCC. The van der Waals surface area contributed by atoms with Crippen molar-refractivity contribution in [1.29, 1.82) is 0 Å². The van der Waals surface area contributed by atoms with Crippen molar-refractivity contribution in [2.45, 2.75) is 258 Å². The van der Waals surface area contributed by atoms with Gasteiger partial charge >= 0.3 is 17.9 Å². The van der Waals surface area contributed by atoms with Crippen molar-refractivity contribution in [2.75, 3.05) is 13.2 Å². The van der Waals surface area contributed by atoms with Crippen molar-refractivity contribution in [3.8, 4) is 0 Å². The lowest BCUT2D eigenvalue weighted by atomic mass is 10.1. The van der Waals surface area contributed by atoms with Gasteiger partial charge in [-0.25, -0.2) is 0 Å². The first-order valence-electron chi connectivity index (χ1n) is 27.1. The molecule has 0 aromatic rings. The zero-order chi connectivity index (χ0) is 47.2. The number of carbonyl (C=O) groups is 3. The molecule has 0 aliphatic carbocycles. The number of esters is 3. The second-order valence-electron chi connectivity index (χ2n) is 17.7. The van der Waals surface area contributed by atoms with E-state index in [9.17, 15) is 14.4 Å². The Morgan fingerprint density at radius 2 is 0.600 bits per heavy atom. The van der Waals surface area contributed by atoms with Crippen molar-refractivity contribution >= 4 is 17.9 Å². The summed E-state index contributed by atoms with van der Waals surface area (Å²) < 4.78 is 16.8. The number of allylic oxidation sites excluding steroid dienone is 14. The Morgan fingerprint density at radius 3 is 0.938 bits per heavy atom. The second-order valence-corrected chi connectivity index (χ2v) is 17.7. The molecule has 0 spiro atoms. The monoisotopic (exact) mass is 905 g/mol. The van der Waals surface area contributed by atoms with Crippen LogP contribution in [0, 0.1) is 0 Å². The highest BCUT2D eigenvalue weighted by Crippen LogP contribution is 2.14. The minimum atomic E-state index is -0.790. The molecule has 0 aliphatic heterocycles. The van der Waals surface area contributed by atoms with Crippen LogP contribution in [-0.4, -0.2) is 37.2 Å². The number of ether oxygens (including phenoxy) is 3. The average molecular weight is 905 g/mol. The van der Waals surface area contributed by atoms with Gasteiger partial charge in [0, 0.05) is 19.3 Å². The van der Waals surface area contributed by atoms with E-state index in [1.807, 2.05) is 0 Å². The van der Waals surface area contributed by atoms with E-state index < -0.39 is 6.10 Å². The second kappa shape index (κ2) is 53.2. The molecule has 1 atom stereocenters. The summed E-state index contributed by atoms with van der Waals surface area (Å²) in [5, 5.41) is 0. The maximum absolute atomic E-state index is 12.8. The molecule has 372 valence electrons. The van der Waals surface area contributed by atoms with E-state index in [2.05, 4.69) is 106 Å². The van der Waals surface area contributed by atoms with Gasteiger partial charge in [-0.3, -0.25) is 14.4 Å². The minimum absolute atomic E-state index is 0.0890. The smallest absolute Gasteiger partial charge is 0.306 e. The van der Waals surface area contributed by atoms with E-state index in [1.165, 1.54) is 89.9 Å². The Labute approximate surface area is 401 Å². The van der Waals surface area contributed by atoms with E-state index in [-0.39, 0.29) is 31.1 Å². The number of unbranched alkanes of at least 4 members (excludes halogenated alkanes) is 23. The average Bonchev–Trinajstić information content (AvgIpc) is 3.30. The van der Waals surface area contributed by atoms with E-state index in [0.29, 0.717) is 19.3 Å². The molecular weight excluding hydrogens is 805 g/mol. The number of hydrogen-bond donors (Lipinski definition) is 0. The van der Waals surface area contributed by atoms with Crippen molar-refractivity contribution in [2.24, 2.45) is 0 Å². The van der Waals surface area contributed by atoms with Crippen LogP contribution < -0.4 is 0 Å². The summed E-state index contributed by atoms with van der Waals surface area (Å²) >= 11 is 0. The van der Waals surface area contributed by atoms with E-state index in [4.69, 9.17) is 14.2 Å². The molecule has 0 aliphatic rings. The fourth-order valence-corrected chi connectivity index (χ4v) is 7.35. The van der Waals surface area contributed by atoms with Crippen LogP contribution in [-0.2, 0) is 28.6 Å². The highest BCUT2D eigenvalue weighted by Gasteiger charge is 2.19. The van der Waals surface area contributed by atoms with Crippen LogP contribution in [0.2, 0.25) is 0 Å². The third kappa shape index (κ3) is 51.4. The van der Waals surface area contributed by atoms with E-state index in [1.54, 1.807) is 0 Å². The van der Waals surface area contributed by atoms with Crippen molar-refractivity contribution < 1.29 is 28.6 Å². The Morgan fingerprint density at radius 1 is 0.323 bits per heavy atom. The van der Waals surface area contributed by atoms with Gasteiger partial charge in [0.1, 0.15) is 13.2 Å². The molecule has 0 heterocycles. The van der Waals surface area contributed by atoms with Crippen LogP contribution in [0.15, 0.2) is 85.1 Å². The molecule has 0 aromatic carbocycles. The third-order valence-corrected chi connectivity index (χ3v) is 11.4. The largest absolute Gasteiger partial charge is 0.462 e. The van der Waals surface area contributed by atoms with E-state index >= 15 is 0 Å². The summed E-state index contributed by atoms with van der Waals surface area (Å²) in [7, 11) is 0. The quantitative estimate of drug-likeness (QED) is 0.0262. The van der Waals surface area contributed by atoms with Crippen molar-refractivity contribution in [3.63, 3.8) is 0 Å². The molecule has 0 N–H and O–H groups in total. The highest BCUT2D eigenvalue weighted by atomic mass is 16.6. The predicted molar refractivity (Wildman–Crippen MR) is 279 cm³/mol. The predicted octanol–water partition coefficient (Wildman–Crippen LogP) is 18.0. The lowest BCUT2D eigenvalue weighted by molar-refractivity contribution is -0.167. The molecule has 65 heavy (non-hydrogen) atoms. The lowest BCUT2D eigenvalue weighted by Gasteiger charge is -2.18. The first kappa shape index (κ1) is 61.6. The summed E-state index contributed by atoms with van der Waals surface area (Å²) in [6, 6.07) is 0. The molecule has 0 aromatic heterocycles. The number of hydrogen-bond acceptors (Lipinski definition) is 6. The summed E-state index contributed by atoms with van der Waals surface area (Å²) in [4.78, 5) is 38.1. The Balaban J connectivity index is 4.42. The highest BCUT2D eigenvalue weighted by molar-refractivity contribution is 5.71. The zero-order valence-corrected chi connectivity index (χ0v) is 42.5. The van der Waals surface area contributed by atoms with Crippen molar-refractivity contribution in [1.82, 2.24) is 0 Å².